The number of aryl methyl sites for hydroxylation is 2. The van der Waals surface area contributed by atoms with Crippen LogP contribution in [0.3, 0.4) is 0 Å². The van der Waals surface area contributed by atoms with Crippen LogP contribution in [0.15, 0.2) is 54.1 Å². The van der Waals surface area contributed by atoms with E-state index in [0.717, 1.165) is 65.0 Å². The highest BCUT2D eigenvalue weighted by atomic mass is 35.5. The standard InChI is InChI=1S/C32H29Cl2F2NO2.ClH/c1-19-12-20(13-21-17-37(18-21)11-3-10-35)14-29(36)30(19)31-25-8-6-23(32(38)39)15-22(25)4-2-5-27(31)26-9-7-24(33)16-28(26)34;/h6-9,12-16H,2-5,10-11,17-18H2,1H3,(H,38,39);1H. The van der Waals surface area contributed by atoms with Gasteiger partial charge in [0.05, 0.1) is 12.2 Å². The van der Waals surface area contributed by atoms with Gasteiger partial charge in [0.1, 0.15) is 5.82 Å². The first-order chi connectivity index (χ1) is 18.7. The smallest absolute Gasteiger partial charge is 0.335 e. The number of benzene rings is 3. The Morgan fingerprint density at radius 1 is 1.05 bits per heavy atom. The molecule has 0 radical (unpaired) electrons. The number of hydrogen-bond donors (Lipinski definition) is 1. The predicted octanol–water partition coefficient (Wildman–Crippen LogP) is 8.91. The van der Waals surface area contributed by atoms with E-state index in [-0.39, 0.29) is 30.5 Å². The molecule has 0 aromatic heterocycles. The first-order valence-corrected chi connectivity index (χ1v) is 13.8. The number of fused-ring (bicyclic) bond motifs is 1. The summed E-state index contributed by atoms with van der Waals surface area (Å²) in [5.41, 5.74) is 7.58. The van der Waals surface area contributed by atoms with Gasteiger partial charge in [-0.05, 0) is 107 Å². The number of aromatic carboxylic acids is 1. The van der Waals surface area contributed by atoms with Gasteiger partial charge in [-0.3, -0.25) is 9.29 Å². The van der Waals surface area contributed by atoms with E-state index in [4.69, 9.17) is 23.2 Å². The Labute approximate surface area is 249 Å². The minimum absolute atomic E-state index is 0. The van der Waals surface area contributed by atoms with Crippen molar-refractivity contribution >= 4 is 58.8 Å². The van der Waals surface area contributed by atoms with E-state index in [9.17, 15) is 14.3 Å². The van der Waals surface area contributed by atoms with Crippen molar-refractivity contribution in [3.05, 3.63) is 109 Å². The minimum Gasteiger partial charge on any atom is -0.478 e. The van der Waals surface area contributed by atoms with Gasteiger partial charge in [0, 0.05) is 35.2 Å². The number of hydrogen-bond acceptors (Lipinski definition) is 2. The summed E-state index contributed by atoms with van der Waals surface area (Å²) < 4.78 is 28.6. The van der Waals surface area contributed by atoms with Crippen molar-refractivity contribution in [2.75, 3.05) is 26.3 Å². The summed E-state index contributed by atoms with van der Waals surface area (Å²) in [6, 6.07) is 13.9. The molecule has 3 aromatic rings. The molecule has 1 aliphatic heterocycles. The van der Waals surface area contributed by atoms with Crippen molar-refractivity contribution in [2.45, 2.75) is 32.6 Å². The third-order valence-corrected chi connectivity index (χ3v) is 7.99. The van der Waals surface area contributed by atoms with Crippen LogP contribution in [0.1, 0.15) is 63.0 Å². The summed E-state index contributed by atoms with van der Waals surface area (Å²) in [5.74, 6) is -1.34. The van der Waals surface area contributed by atoms with Gasteiger partial charge in [0.2, 0.25) is 0 Å². The molecule has 1 aliphatic carbocycles. The van der Waals surface area contributed by atoms with Gasteiger partial charge in [-0.15, -0.1) is 12.4 Å². The van der Waals surface area contributed by atoms with Gasteiger partial charge in [-0.1, -0.05) is 47.5 Å². The maximum atomic E-state index is 16.1. The average molecular weight is 605 g/mol. The van der Waals surface area contributed by atoms with Crippen LogP contribution < -0.4 is 0 Å². The fraction of sp³-hybridized carbons (Fsp3) is 0.281. The molecule has 0 unspecified atom stereocenters. The number of likely N-dealkylation sites (tertiary alicyclic amines) is 1. The average Bonchev–Trinajstić information content (AvgIpc) is 3.04. The van der Waals surface area contributed by atoms with Crippen LogP contribution in [0.5, 0.6) is 0 Å². The summed E-state index contributed by atoms with van der Waals surface area (Å²) in [4.78, 5) is 13.9. The quantitative estimate of drug-likeness (QED) is 0.293. The molecule has 0 atom stereocenters. The normalized spacial score (nSPS) is 15.2. The van der Waals surface area contributed by atoms with Crippen LogP contribution >= 0.6 is 35.6 Å². The fourth-order valence-electron chi connectivity index (χ4n) is 5.68. The van der Waals surface area contributed by atoms with Gasteiger partial charge in [0.15, 0.2) is 0 Å². The second kappa shape index (κ2) is 12.9. The molecule has 0 saturated carbocycles. The largest absolute Gasteiger partial charge is 0.478 e. The van der Waals surface area contributed by atoms with Gasteiger partial charge < -0.3 is 5.11 Å². The fourth-order valence-corrected chi connectivity index (χ4v) is 6.20. The summed E-state index contributed by atoms with van der Waals surface area (Å²) >= 11 is 12.9. The minimum atomic E-state index is -0.993. The Balaban J connectivity index is 0.00000370. The molecule has 1 heterocycles. The Morgan fingerprint density at radius 2 is 1.80 bits per heavy atom. The molecule has 0 spiro atoms. The van der Waals surface area contributed by atoms with E-state index in [1.165, 1.54) is 5.57 Å². The lowest BCUT2D eigenvalue weighted by atomic mass is 9.84. The first kappa shape index (κ1) is 30.3. The topological polar surface area (TPSA) is 40.5 Å². The van der Waals surface area contributed by atoms with Crippen molar-refractivity contribution in [1.29, 1.82) is 0 Å². The summed E-state index contributed by atoms with van der Waals surface area (Å²) in [5, 5.41) is 10.6. The van der Waals surface area contributed by atoms with Crippen LogP contribution in [0.2, 0.25) is 10.0 Å². The second-order valence-electron chi connectivity index (χ2n) is 10.3. The summed E-state index contributed by atoms with van der Waals surface area (Å²) in [7, 11) is 0. The van der Waals surface area contributed by atoms with Gasteiger partial charge in [0.25, 0.3) is 0 Å². The number of rotatable bonds is 7. The number of carboxylic acid groups (broad SMARTS) is 1. The maximum Gasteiger partial charge on any atom is 0.335 e. The third kappa shape index (κ3) is 6.28. The van der Waals surface area contributed by atoms with Crippen LogP contribution in [-0.2, 0) is 6.42 Å². The zero-order valence-electron chi connectivity index (χ0n) is 22.1. The van der Waals surface area contributed by atoms with Crippen molar-refractivity contribution < 1.29 is 18.7 Å². The molecular weight excluding hydrogens is 575 g/mol. The van der Waals surface area contributed by atoms with Crippen molar-refractivity contribution in [3.8, 4) is 0 Å². The molecule has 40 heavy (non-hydrogen) atoms. The van der Waals surface area contributed by atoms with Crippen LogP contribution in [-0.4, -0.2) is 42.3 Å². The van der Waals surface area contributed by atoms with Crippen molar-refractivity contribution in [2.24, 2.45) is 0 Å². The van der Waals surface area contributed by atoms with E-state index in [1.54, 1.807) is 36.4 Å². The SMILES string of the molecule is Cc1cc(C=C2CN(CCCF)C2)cc(F)c1C1=C(c2ccc(Cl)cc2Cl)CCCc2cc(C(=O)O)ccc21.Cl. The maximum absolute atomic E-state index is 16.1. The molecule has 2 aliphatic rings. The van der Waals surface area contributed by atoms with Crippen LogP contribution in [0, 0.1) is 12.7 Å². The van der Waals surface area contributed by atoms with Crippen LogP contribution in [0.25, 0.3) is 17.2 Å². The van der Waals surface area contributed by atoms with Crippen LogP contribution in [0.4, 0.5) is 8.78 Å². The van der Waals surface area contributed by atoms with Gasteiger partial charge in [-0.25, -0.2) is 9.18 Å². The number of nitrogens with zero attached hydrogens (tertiary/aromatic N) is 1. The Kier molecular flexibility index (Phi) is 9.73. The monoisotopic (exact) mass is 603 g/mol. The van der Waals surface area contributed by atoms with E-state index in [2.05, 4.69) is 4.90 Å². The number of allylic oxidation sites excluding steroid dienone is 1. The summed E-state index contributed by atoms with van der Waals surface area (Å²) in [6.45, 7) is 3.85. The second-order valence-corrected chi connectivity index (χ2v) is 11.1. The van der Waals surface area contributed by atoms with E-state index in [1.807, 2.05) is 25.1 Å². The number of halogens is 5. The number of alkyl halides is 1. The highest BCUT2D eigenvalue weighted by molar-refractivity contribution is 6.36. The van der Waals surface area contributed by atoms with Gasteiger partial charge in [-0.2, -0.15) is 0 Å². The molecule has 8 heteroatoms. The Morgan fingerprint density at radius 3 is 2.48 bits per heavy atom. The first-order valence-electron chi connectivity index (χ1n) is 13.1. The molecule has 3 aromatic carbocycles. The third-order valence-electron chi connectivity index (χ3n) is 7.44. The Hall–Kier alpha value is -2.70. The summed E-state index contributed by atoms with van der Waals surface area (Å²) in [6.07, 6.45) is 4.61. The van der Waals surface area contributed by atoms with E-state index < -0.39 is 5.97 Å². The van der Waals surface area contributed by atoms with E-state index >= 15 is 4.39 Å². The lowest BCUT2D eigenvalue weighted by Gasteiger charge is -2.33. The molecule has 0 amide bonds. The lowest BCUT2D eigenvalue weighted by Crippen LogP contribution is -2.40. The Bertz CT molecular complexity index is 1480. The number of carbonyl (C=O) groups is 1. The number of carboxylic acids is 1. The zero-order valence-corrected chi connectivity index (χ0v) is 24.4. The molecule has 1 fully saturated rings. The van der Waals surface area contributed by atoms with Crippen molar-refractivity contribution in [3.63, 3.8) is 0 Å². The lowest BCUT2D eigenvalue weighted by molar-refractivity contribution is 0.0696. The highest BCUT2D eigenvalue weighted by Gasteiger charge is 2.26. The molecule has 210 valence electrons. The van der Waals surface area contributed by atoms with Gasteiger partial charge >= 0.3 is 5.97 Å². The van der Waals surface area contributed by atoms with E-state index in [0.29, 0.717) is 34.9 Å². The molecule has 5 rings (SSSR count). The molecule has 0 bridgehead atoms. The van der Waals surface area contributed by atoms with Crippen molar-refractivity contribution in [1.82, 2.24) is 4.90 Å². The highest BCUT2D eigenvalue weighted by Crippen LogP contribution is 2.44. The molecule has 3 nitrogen and oxygen atoms in total. The molecular formula is C32H30Cl3F2NO2. The molecule has 1 saturated heterocycles. The zero-order chi connectivity index (χ0) is 27.7. The predicted molar refractivity (Wildman–Crippen MR) is 162 cm³/mol. The molecule has 1 N–H and O–H groups in total.